The Morgan fingerprint density at radius 3 is 2.77 bits per heavy atom. The summed E-state index contributed by atoms with van der Waals surface area (Å²) in [6.07, 6.45) is 3.61. The lowest BCUT2D eigenvalue weighted by Gasteiger charge is -2.26. The van der Waals surface area contributed by atoms with E-state index in [4.69, 9.17) is 0 Å². The molecule has 0 bridgehead atoms. The van der Waals surface area contributed by atoms with Gasteiger partial charge in [-0.15, -0.1) is 0 Å². The Morgan fingerprint density at radius 2 is 2.04 bits per heavy atom. The zero-order valence-electron chi connectivity index (χ0n) is 14.8. The summed E-state index contributed by atoms with van der Waals surface area (Å²) >= 11 is 0. The Kier molecular flexibility index (Phi) is 5.31. The molecule has 0 fully saturated rings. The van der Waals surface area contributed by atoms with Gasteiger partial charge in [-0.25, -0.2) is 9.18 Å². The third kappa shape index (κ3) is 4.08. The zero-order chi connectivity index (χ0) is 18.5. The number of nitrogens with one attached hydrogen (secondary N) is 1. The average Bonchev–Trinajstić information content (AvgIpc) is 3.14. The number of halogens is 1. The minimum atomic E-state index is -0.386. The summed E-state index contributed by atoms with van der Waals surface area (Å²) in [5, 5.41) is 7.05. The van der Waals surface area contributed by atoms with Crippen LogP contribution in [0.15, 0.2) is 67.0 Å². The third-order valence-electron chi connectivity index (χ3n) is 4.34. The molecule has 1 heterocycles. The van der Waals surface area contributed by atoms with Crippen LogP contribution in [0.2, 0.25) is 0 Å². The van der Waals surface area contributed by atoms with E-state index in [9.17, 15) is 9.18 Å². The summed E-state index contributed by atoms with van der Waals surface area (Å²) in [6.45, 7) is 2.42. The van der Waals surface area contributed by atoms with Gasteiger partial charge >= 0.3 is 6.03 Å². The summed E-state index contributed by atoms with van der Waals surface area (Å²) in [5.41, 5.74) is 2.20. The maximum atomic E-state index is 14.0. The topological polar surface area (TPSA) is 50.2 Å². The van der Waals surface area contributed by atoms with Gasteiger partial charge in [-0.1, -0.05) is 30.3 Å². The maximum absolute atomic E-state index is 14.0. The minimum Gasteiger partial charge on any atom is -0.321 e. The van der Waals surface area contributed by atoms with E-state index >= 15 is 0 Å². The van der Waals surface area contributed by atoms with Crippen LogP contribution in [0.5, 0.6) is 0 Å². The Hall–Kier alpha value is -3.15. The summed E-state index contributed by atoms with van der Waals surface area (Å²) in [7, 11) is 1.65. The van der Waals surface area contributed by atoms with Crippen molar-refractivity contribution >= 4 is 11.7 Å². The number of hydrogen-bond donors (Lipinski definition) is 1. The molecular weight excluding hydrogens is 331 g/mol. The highest BCUT2D eigenvalue weighted by Gasteiger charge is 2.20. The van der Waals surface area contributed by atoms with Gasteiger partial charge in [-0.2, -0.15) is 5.10 Å². The molecule has 0 aliphatic rings. The van der Waals surface area contributed by atoms with E-state index in [2.05, 4.69) is 10.4 Å². The fraction of sp³-hybridized carbons (Fsp3) is 0.200. The number of urea groups is 1. The van der Waals surface area contributed by atoms with Crippen molar-refractivity contribution in [3.63, 3.8) is 0 Å². The quantitative estimate of drug-likeness (QED) is 0.744. The van der Waals surface area contributed by atoms with Crippen LogP contribution >= 0.6 is 0 Å². The number of anilines is 1. The van der Waals surface area contributed by atoms with E-state index in [0.29, 0.717) is 17.8 Å². The lowest BCUT2D eigenvalue weighted by molar-refractivity contribution is 0.207. The van der Waals surface area contributed by atoms with Crippen molar-refractivity contribution in [3.05, 3.63) is 83.9 Å². The Morgan fingerprint density at radius 1 is 1.23 bits per heavy atom. The second kappa shape index (κ2) is 7.82. The van der Waals surface area contributed by atoms with Crippen LogP contribution in [0.4, 0.5) is 14.9 Å². The van der Waals surface area contributed by atoms with Crippen LogP contribution in [-0.2, 0) is 6.54 Å². The molecule has 1 unspecified atom stereocenters. The average molecular weight is 352 g/mol. The van der Waals surface area contributed by atoms with Gasteiger partial charge in [-0.05, 0) is 36.8 Å². The van der Waals surface area contributed by atoms with Crippen molar-refractivity contribution in [2.24, 2.45) is 0 Å². The molecule has 0 aliphatic carbocycles. The molecule has 0 saturated carbocycles. The van der Waals surface area contributed by atoms with Gasteiger partial charge in [0.1, 0.15) is 5.82 Å². The van der Waals surface area contributed by atoms with Crippen LogP contribution in [0.3, 0.4) is 0 Å². The number of carbonyl (C=O) groups excluding carboxylic acids is 1. The number of nitrogens with zero attached hydrogens (tertiary/aromatic N) is 3. The van der Waals surface area contributed by atoms with E-state index in [1.165, 1.54) is 11.0 Å². The highest BCUT2D eigenvalue weighted by molar-refractivity contribution is 5.89. The first kappa shape index (κ1) is 17.7. The molecule has 0 aliphatic heterocycles. The smallest absolute Gasteiger partial charge is 0.321 e. The lowest BCUT2D eigenvalue weighted by Crippen LogP contribution is -2.34. The lowest BCUT2D eigenvalue weighted by atomic mass is 10.1. The van der Waals surface area contributed by atoms with Crippen LogP contribution in [0, 0.1) is 5.82 Å². The molecule has 2 aromatic carbocycles. The molecule has 0 spiro atoms. The first-order chi connectivity index (χ1) is 12.5. The van der Waals surface area contributed by atoms with Gasteiger partial charge < -0.3 is 10.2 Å². The van der Waals surface area contributed by atoms with E-state index in [1.54, 1.807) is 38.4 Å². The van der Waals surface area contributed by atoms with E-state index in [1.807, 2.05) is 41.2 Å². The predicted molar refractivity (Wildman–Crippen MR) is 99.4 cm³/mol. The van der Waals surface area contributed by atoms with Crippen LogP contribution in [-0.4, -0.2) is 27.8 Å². The van der Waals surface area contributed by atoms with Gasteiger partial charge in [0.15, 0.2) is 0 Å². The molecule has 3 aromatic rings. The van der Waals surface area contributed by atoms with Crippen LogP contribution in [0.1, 0.15) is 24.1 Å². The van der Waals surface area contributed by atoms with Gasteiger partial charge in [-0.3, -0.25) is 4.68 Å². The molecule has 6 heteroatoms. The van der Waals surface area contributed by atoms with Gasteiger partial charge in [0.2, 0.25) is 0 Å². The summed E-state index contributed by atoms with van der Waals surface area (Å²) in [6, 6.07) is 15.3. The normalized spacial score (nSPS) is 11.8. The second-order valence-electron chi connectivity index (χ2n) is 6.14. The molecule has 3 rings (SSSR count). The monoisotopic (exact) mass is 352 g/mol. The molecule has 2 amide bonds. The minimum absolute atomic E-state index is 0.294. The highest BCUT2D eigenvalue weighted by atomic mass is 19.1. The number of rotatable bonds is 5. The maximum Gasteiger partial charge on any atom is 0.322 e. The van der Waals surface area contributed by atoms with Gasteiger partial charge in [0.25, 0.3) is 0 Å². The molecule has 5 nitrogen and oxygen atoms in total. The number of benzene rings is 2. The molecule has 1 N–H and O–H groups in total. The first-order valence-electron chi connectivity index (χ1n) is 8.39. The number of amides is 2. The van der Waals surface area contributed by atoms with Crippen molar-refractivity contribution < 1.29 is 9.18 Å². The Bertz CT molecular complexity index is 879. The molecule has 134 valence electrons. The van der Waals surface area contributed by atoms with E-state index < -0.39 is 0 Å². The van der Waals surface area contributed by atoms with Crippen LogP contribution < -0.4 is 5.32 Å². The summed E-state index contributed by atoms with van der Waals surface area (Å²) < 4.78 is 15.8. The predicted octanol–water partition coefficient (Wildman–Crippen LogP) is 4.30. The standard InChI is InChI=1S/C20H21FN4O/c1-15(18-9-3-4-10-19(18)21)24(2)20(26)23-17-8-5-7-16(13-17)14-25-12-6-11-22-25/h3-13,15H,14H2,1-2H3,(H,23,26). The number of hydrogen-bond acceptors (Lipinski definition) is 2. The largest absolute Gasteiger partial charge is 0.322 e. The van der Waals surface area contributed by atoms with Crippen molar-refractivity contribution in [3.8, 4) is 0 Å². The fourth-order valence-corrected chi connectivity index (χ4v) is 2.74. The first-order valence-corrected chi connectivity index (χ1v) is 8.39. The van der Waals surface area contributed by atoms with Crippen molar-refractivity contribution in [2.75, 3.05) is 12.4 Å². The van der Waals surface area contributed by atoms with Crippen molar-refractivity contribution in [2.45, 2.75) is 19.5 Å². The number of carbonyl (C=O) groups is 1. The summed E-state index contributed by atoms with van der Waals surface area (Å²) in [4.78, 5) is 14.0. The Labute approximate surface area is 152 Å². The van der Waals surface area contributed by atoms with E-state index in [0.717, 1.165) is 5.56 Å². The molecule has 1 atom stereocenters. The van der Waals surface area contributed by atoms with E-state index in [-0.39, 0.29) is 17.9 Å². The third-order valence-corrected chi connectivity index (χ3v) is 4.34. The molecular formula is C20H21FN4O. The molecule has 0 radical (unpaired) electrons. The summed E-state index contributed by atoms with van der Waals surface area (Å²) in [5.74, 6) is -0.319. The fourth-order valence-electron chi connectivity index (χ4n) is 2.74. The second-order valence-corrected chi connectivity index (χ2v) is 6.14. The van der Waals surface area contributed by atoms with Gasteiger partial charge in [0.05, 0.1) is 12.6 Å². The van der Waals surface area contributed by atoms with Gasteiger partial charge in [0, 0.05) is 30.7 Å². The zero-order valence-corrected chi connectivity index (χ0v) is 14.8. The SMILES string of the molecule is CC(c1ccccc1F)N(C)C(=O)Nc1cccc(Cn2cccn2)c1. The molecule has 1 aromatic heterocycles. The molecule has 26 heavy (non-hydrogen) atoms. The number of aromatic nitrogens is 2. The Balaban J connectivity index is 1.68. The molecule has 0 saturated heterocycles. The van der Waals surface area contributed by atoms with Crippen LogP contribution in [0.25, 0.3) is 0 Å². The van der Waals surface area contributed by atoms with Crippen molar-refractivity contribution in [1.29, 1.82) is 0 Å². The van der Waals surface area contributed by atoms with Crippen molar-refractivity contribution in [1.82, 2.24) is 14.7 Å². The highest BCUT2D eigenvalue weighted by Crippen LogP contribution is 2.22.